The number of carbonyl (C=O) groups is 1. The molecule has 0 saturated heterocycles. The maximum atomic E-state index is 10.4. The number of nitrogens with one attached hydrogen (secondary N) is 2. The Morgan fingerprint density at radius 3 is 3.10 bits per heavy atom. The van der Waals surface area contributed by atoms with E-state index < -0.39 is 5.97 Å². The van der Waals surface area contributed by atoms with Gasteiger partial charge in [-0.1, -0.05) is 0 Å². The fourth-order valence-electron chi connectivity index (χ4n) is 1.96. The third-order valence-corrected chi connectivity index (χ3v) is 2.90. The number of anilines is 1. The van der Waals surface area contributed by atoms with Gasteiger partial charge >= 0.3 is 5.97 Å². The van der Waals surface area contributed by atoms with E-state index in [1.807, 2.05) is 18.2 Å². The van der Waals surface area contributed by atoms with E-state index in [4.69, 9.17) is 9.84 Å². The fraction of sp³-hybridized carbons (Fsp3) is 0.250. The second-order valence-electron chi connectivity index (χ2n) is 4.24. The molecule has 2 aromatic heterocycles. The highest BCUT2D eigenvalue weighted by Crippen LogP contribution is 2.21. The van der Waals surface area contributed by atoms with Gasteiger partial charge in [0, 0.05) is 12.6 Å². The van der Waals surface area contributed by atoms with Gasteiger partial charge in [-0.2, -0.15) is 4.98 Å². The lowest BCUT2D eigenvalue weighted by Gasteiger charge is -1.99. The standard InChI is InChI=1S/C12H13N5O3/c1-20-7-2-3-9-8(6-7)14-12-15-11(16-17(9)12)13-5-4-10(18)19/h2-3,6H,4-5H2,1H3,(H,18,19)(H2,13,14,15,16). The second-order valence-corrected chi connectivity index (χ2v) is 4.24. The van der Waals surface area contributed by atoms with Crippen LogP contribution < -0.4 is 10.1 Å². The van der Waals surface area contributed by atoms with Gasteiger partial charge in [0.1, 0.15) is 5.75 Å². The first-order chi connectivity index (χ1) is 9.67. The van der Waals surface area contributed by atoms with Crippen molar-refractivity contribution in [2.75, 3.05) is 19.0 Å². The van der Waals surface area contributed by atoms with Crippen molar-refractivity contribution in [2.45, 2.75) is 6.42 Å². The molecule has 0 bridgehead atoms. The zero-order chi connectivity index (χ0) is 14.1. The fourth-order valence-corrected chi connectivity index (χ4v) is 1.96. The molecule has 0 aliphatic heterocycles. The quantitative estimate of drug-likeness (QED) is 0.644. The molecule has 0 atom stereocenters. The number of H-pyrrole nitrogens is 1. The molecule has 20 heavy (non-hydrogen) atoms. The van der Waals surface area contributed by atoms with Gasteiger partial charge in [-0.25, -0.2) is 9.50 Å². The highest BCUT2D eigenvalue weighted by molar-refractivity contribution is 5.80. The predicted molar refractivity (Wildman–Crippen MR) is 72.1 cm³/mol. The largest absolute Gasteiger partial charge is 0.497 e. The number of aliphatic carboxylic acids is 1. The average Bonchev–Trinajstić information content (AvgIpc) is 2.94. The van der Waals surface area contributed by atoms with Crippen LogP contribution in [0.15, 0.2) is 18.2 Å². The summed E-state index contributed by atoms with van der Waals surface area (Å²) in [6.07, 6.45) is 0.0287. The molecule has 1 aromatic carbocycles. The van der Waals surface area contributed by atoms with Crippen molar-refractivity contribution in [3.8, 4) is 5.75 Å². The average molecular weight is 275 g/mol. The number of hydrogen-bond donors (Lipinski definition) is 3. The highest BCUT2D eigenvalue weighted by Gasteiger charge is 2.10. The summed E-state index contributed by atoms with van der Waals surface area (Å²) in [4.78, 5) is 19.1. The Labute approximate surface area is 113 Å². The zero-order valence-electron chi connectivity index (χ0n) is 10.8. The molecule has 0 amide bonds. The van der Waals surface area contributed by atoms with E-state index in [1.165, 1.54) is 0 Å². The van der Waals surface area contributed by atoms with E-state index in [0.717, 1.165) is 16.8 Å². The molecule has 2 heterocycles. The number of fused-ring (bicyclic) bond motifs is 3. The Kier molecular flexibility index (Phi) is 2.90. The third kappa shape index (κ3) is 2.11. The smallest absolute Gasteiger partial charge is 0.305 e. The first-order valence-electron chi connectivity index (χ1n) is 6.05. The van der Waals surface area contributed by atoms with Crippen molar-refractivity contribution < 1.29 is 14.6 Å². The Hall–Kier alpha value is -2.77. The SMILES string of the molecule is COc1ccc2c(c1)nc1nc(NCCC(=O)O)[nH]n12. The van der Waals surface area contributed by atoms with Gasteiger partial charge in [0.05, 0.1) is 24.6 Å². The van der Waals surface area contributed by atoms with Gasteiger partial charge in [-0.15, -0.1) is 0 Å². The monoisotopic (exact) mass is 275 g/mol. The molecular formula is C12H13N5O3. The van der Waals surface area contributed by atoms with Gasteiger partial charge in [0.2, 0.25) is 5.95 Å². The number of rotatable bonds is 5. The number of imidazole rings is 1. The number of ether oxygens (including phenoxy) is 1. The molecule has 0 aliphatic carbocycles. The van der Waals surface area contributed by atoms with Gasteiger partial charge in [-0.05, 0) is 12.1 Å². The lowest BCUT2D eigenvalue weighted by atomic mass is 10.3. The first kappa shape index (κ1) is 12.3. The van der Waals surface area contributed by atoms with Crippen LogP contribution in [0.25, 0.3) is 16.8 Å². The van der Waals surface area contributed by atoms with Crippen molar-refractivity contribution >= 4 is 28.7 Å². The molecule has 3 N–H and O–H groups in total. The molecule has 0 spiro atoms. The van der Waals surface area contributed by atoms with E-state index in [-0.39, 0.29) is 6.42 Å². The van der Waals surface area contributed by atoms with Crippen LogP contribution in [0.2, 0.25) is 0 Å². The molecule has 3 rings (SSSR count). The zero-order valence-corrected chi connectivity index (χ0v) is 10.8. The minimum atomic E-state index is -0.855. The summed E-state index contributed by atoms with van der Waals surface area (Å²) in [7, 11) is 1.60. The maximum absolute atomic E-state index is 10.4. The number of aromatic amines is 1. The van der Waals surface area contributed by atoms with E-state index in [2.05, 4.69) is 20.4 Å². The Morgan fingerprint density at radius 2 is 2.35 bits per heavy atom. The van der Waals surface area contributed by atoms with Crippen LogP contribution in [0.5, 0.6) is 5.75 Å². The van der Waals surface area contributed by atoms with E-state index in [1.54, 1.807) is 11.6 Å². The van der Waals surface area contributed by atoms with Crippen LogP contribution >= 0.6 is 0 Å². The van der Waals surface area contributed by atoms with Crippen molar-refractivity contribution in [2.24, 2.45) is 0 Å². The number of nitrogens with zero attached hydrogens (tertiary/aromatic N) is 3. The van der Waals surface area contributed by atoms with Crippen LogP contribution in [-0.2, 0) is 4.79 Å². The van der Waals surface area contributed by atoms with Gasteiger partial charge < -0.3 is 15.2 Å². The van der Waals surface area contributed by atoms with E-state index in [0.29, 0.717) is 18.3 Å². The molecular weight excluding hydrogens is 262 g/mol. The molecule has 0 unspecified atom stereocenters. The van der Waals surface area contributed by atoms with Crippen molar-refractivity contribution in [3.63, 3.8) is 0 Å². The number of benzene rings is 1. The van der Waals surface area contributed by atoms with Crippen LogP contribution in [-0.4, -0.2) is 44.3 Å². The molecule has 0 fully saturated rings. The third-order valence-electron chi connectivity index (χ3n) is 2.90. The number of hydrogen-bond acceptors (Lipinski definition) is 5. The van der Waals surface area contributed by atoms with Gasteiger partial charge in [-0.3, -0.25) is 9.89 Å². The molecule has 104 valence electrons. The molecule has 8 nitrogen and oxygen atoms in total. The summed E-state index contributed by atoms with van der Waals surface area (Å²) in [6, 6.07) is 5.55. The highest BCUT2D eigenvalue weighted by atomic mass is 16.5. The normalized spacial score (nSPS) is 11.1. The summed E-state index contributed by atoms with van der Waals surface area (Å²) in [5.74, 6) is 0.891. The molecule has 0 radical (unpaired) electrons. The summed E-state index contributed by atoms with van der Waals surface area (Å²) in [5, 5.41) is 14.5. The topological polar surface area (TPSA) is 105 Å². The van der Waals surface area contributed by atoms with Crippen molar-refractivity contribution in [3.05, 3.63) is 18.2 Å². The minimum absolute atomic E-state index is 0.0287. The number of methoxy groups -OCH3 is 1. The second kappa shape index (κ2) is 4.72. The Bertz CT molecular complexity index is 776. The number of carboxylic acid groups (broad SMARTS) is 1. The first-order valence-corrected chi connectivity index (χ1v) is 6.05. The number of carboxylic acids is 1. The molecule has 0 aliphatic rings. The lowest BCUT2D eigenvalue weighted by Crippen LogP contribution is -2.08. The van der Waals surface area contributed by atoms with Crippen LogP contribution in [0.4, 0.5) is 5.95 Å². The minimum Gasteiger partial charge on any atom is -0.497 e. The van der Waals surface area contributed by atoms with Gasteiger partial charge in [0.15, 0.2) is 0 Å². The molecule has 3 aromatic rings. The van der Waals surface area contributed by atoms with E-state index >= 15 is 0 Å². The van der Waals surface area contributed by atoms with Gasteiger partial charge in [0.25, 0.3) is 5.78 Å². The summed E-state index contributed by atoms with van der Waals surface area (Å²) >= 11 is 0. The maximum Gasteiger partial charge on any atom is 0.305 e. The summed E-state index contributed by atoms with van der Waals surface area (Å²) in [5.41, 5.74) is 1.65. The lowest BCUT2D eigenvalue weighted by molar-refractivity contribution is -0.136. The van der Waals surface area contributed by atoms with Crippen molar-refractivity contribution in [1.29, 1.82) is 0 Å². The van der Waals surface area contributed by atoms with Crippen molar-refractivity contribution in [1.82, 2.24) is 19.6 Å². The number of aromatic nitrogens is 4. The Balaban J connectivity index is 1.90. The van der Waals surface area contributed by atoms with Crippen LogP contribution in [0, 0.1) is 0 Å². The van der Waals surface area contributed by atoms with Crippen LogP contribution in [0.3, 0.4) is 0 Å². The molecule has 0 saturated carbocycles. The summed E-state index contributed by atoms with van der Waals surface area (Å²) in [6.45, 7) is 0.303. The molecule has 8 heteroatoms. The summed E-state index contributed by atoms with van der Waals surface area (Å²) < 4.78 is 6.88. The van der Waals surface area contributed by atoms with E-state index in [9.17, 15) is 4.79 Å². The Morgan fingerprint density at radius 1 is 1.50 bits per heavy atom. The predicted octanol–water partition coefficient (Wildman–Crippen LogP) is 1.11. The van der Waals surface area contributed by atoms with Crippen LogP contribution in [0.1, 0.15) is 6.42 Å².